The predicted octanol–water partition coefficient (Wildman–Crippen LogP) is 1.79. The van der Waals surface area contributed by atoms with Gasteiger partial charge in [0, 0.05) is 31.3 Å². The van der Waals surface area contributed by atoms with Gasteiger partial charge in [0.05, 0.1) is 18.9 Å². The number of nitrogens with zero attached hydrogens (tertiary/aromatic N) is 3. The van der Waals surface area contributed by atoms with Gasteiger partial charge in [0.25, 0.3) is 0 Å². The van der Waals surface area contributed by atoms with E-state index in [4.69, 9.17) is 9.72 Å². The van der Waals surface area contributed by atoms with Gasteiger partial charge in [0.2, 0.25) is 5.95 Å². The van der Waals surface area contributed by atoms with Crippen LogP contribution in [-0.2, 0) is 17.8 Å². The number of fused-ring (bicyclic) bond motifs is 1. The SMILES string of the molecule is CCC1CCN(c2ncc3c(n2)CCOC3)C1. The Morgan fingerprint density at radius 3 is 3.29 bits per heavy atom. The minimum Gasteiger partial charge on any atom is -0.376 e. The van der Waals surface area contributed by atoms with Gasteiger partial charge in [-0.25, -0.2) is 9.97 Å². The third-order valence-corrected chi connectivity index (χ3v) is 3.83. The van der Waals surface area contributed by atoms with Crippen LogP contribution < -0.4 is 4.90 Å². The molecule has 4 nitrogen and oxygen atoms in total. The summed E-state index contributed by atoms with van der Waals surface area (Å²) in [5, 5.41) is 0. The van der Waals surface area contributed by atoms with Gasteiger partial charge in [-0.15, -0.1) is 0 Å². The molecule has 0 bridgehead atoms. The van der Waals surface area contributed by atoms with Crippen molar-refractivity contribution in [1.82, 2.24) is 9.97 Å². The monoisotopic (exact) mass is 233 g/mol. The van der Waals surface area contributed by atoms with Crippen LogP contribution in [0.15, 0.2) is 6.20 Å². The van der Waals surface area contributed by atoms with Crippen molar-refractivity contribution in [1.29, 1.82) is 0 Å². The van der Waals surface area contributed by atoms with E-state index < -0.39 is 0 Å². The van der Waals surface area contributed by atoms with Crippen molar-refractivity contribution in [2.45, 2.75) is 32.8 Å². The van der Waals surface area contributed by atoms with E-state index in [2.05, 4.69) is 16.8 Å². The van der Waals surface area contributed by atoms with Crippen LogP contribution in [0.2, 0.25) is 0 Å². The summed E-state index contributed by atoms with van der Waals surface area (Å²) in [7, 11) is 0. The lowest BCUT2D eigenvalue weighted by atomic mass is 10.1. The molecule has 1 saturated heterocycles. The summed E-state index contributed by atoms with van der Waals surface area (Å²) in [6, 6.07) is 0. The molecule has 1 unspecified atom stereocenters. The number of ether oxygens (including phenoxy) is 1. The normalized spacial score (nSPS) is 23.8. The topological polar surface area (TPSA) is 38.2 Å². The van der Waals surface area contributed by atoms with E-state index >= 15 is 0 Å². The Hall–Kier alpha value is -1.16. The summed E-state index contributed by atoms with van der Waals surface area (Å²) in [6.07, 6.45) is 5.40. The van der Waals surface area contributed by atoms with Crippen LogP contribution in [0.5, 0.6) is 0 Å². The molecule has 1 aromatic heterocycles. The molecule has 0 aromatic carbocycles. The lowest BCUT2D eigenvalue weighted by Crippen LogP contribution is -2.24. The van der Waals surface area contributed by atoms with Crippen LogP contribution in [0.3, 0.4) is 0 Å². The minimum absolute atomic E-state index is 0.674. The van der Waals surface area contributed by atoms with Gasteiger partial charge in [-0.1, -0.05) is 13.3 Å². The van der Waals surface area contributed by atoms with Gasteiger partial charge in [-0.2, -0.15) is 0 Å². The number of aromatic nitrogens is 2. The third-order valence-electron chi connectivity index (χ3n) is 3.83. The second kappa shape index (κ2) is 4.61. The molecule has 17 heavy (non-hydrogen) atoms. The summed E-state index contributed by atoms with van der Waals surface area (Å²) < 4.78 is 5.40. The largest absolute Gasteiger partial charge is 0.376 e. The number of hydrogen-bond donors (Lipinski definition) is 0. The summed E-state index contributed by atoms with van der Waals surface area (Å²) in [5.74, 6) is 1.74. The minimum atomic E-state index is 0.674. The van der Waals surface area contributed by atoms with Gasteiger partial charge in [0.1, 0.15) is 0 Å². The summed E-state index contributed by atoms with van der Waals surface area (Å²) in [4.78, 5) is 11.5. The highest BCUT2D eigenvalue weighted by Gasteiger charge is 2.24. The van der Waals surface area contributed by atoms with Crippen LogP contribution in [-0.4, -0.2) is 29.7 Å². The number of anilines is 1. The van der Waals surface area contributed by atoms with Crippen molar-refractivity contribution in [2.75, 3.05) is 24.6 Å². The zero-order chi connectivity index (χ0) is 11.7. The Morgan fingerprint density at radius 1 is 1.53 bits per heavy atom. The molecule has 0 saturated carbocycles. The first kappa shape index (κ1) is 11.0. The molecule has 4 heteroatoms. The van der Waals surface area contributed by atoms with Crippen LogP contribution >= 0.6 is 0 Å². The molecule has 0 spiro atoms. The second-order valence-electron chi connectivity index (χ2n) is 4.95. The molecule has 0 radical (unpaired) electrons. The van der Waals surface area contributed by atoms with Gasteiger partial charge >= 0.3 is 0 Å². The Kier molecular flexibility index (Phi) is 2.97. The van der Waals surface area contributed by atoms with Gasteiger partial charge in [-0.05, 0) is 12.3 Å². The molecule has 0 aliphatic carbocycles. The summed E-state index contributed by atoms with van der Waals surface area (Å²) >= 11 is 0. The molecule has 1 aromatic rings. The fourth-order valence-electron chi connectivity index (χ4n) is 2.62. The Labute approximate surface area is 102 Å². The standard InChI is InChI=1S/C13H19N3O/c1-2-10-3-5-16(8-10)13-14-7-11-9-17-6-4-12(11)15-13/h7,10H,2-6,8-9H2,1H3. The fraction of sp³-hybridized carbons (Fsp3) is 0.692. The molecule has 92 valence electrons. The molecule has 2 aliphatic rings. The first-order valence-corrected chi connectivity index (χ1v) is 6.54. The average molecular weight is 233 g/mol. The lowest BCUT2D eigenvalue weighted by molar-refractivity contribution is 0.109. The van der Waals surface area contributed by atoms with Crippen molar-refractivity contribution < 1.29 is 4.74 Å². The maximum absolute atomic E-state index is 5.40. The Morgan fingerprint density at radius 2 is 2.47 bits per heavy atom. The fourth-order valence-corrected chi connectivity index (χ4v) is 2.62. The van der Waals surface area contributed by atoms with Crippen molar-refractivity contribution in [3.63, 3.8) is 0 Å². The summed E-state index contributed by atoms with van der Waals surface area (Å²) in [6.45, 7) is 5.95. The van der Waals surface area contributed by atoms with Crippen LogP contribution in [0.4, 0.5) is 5.95 Å². The smallest absolute Gasteiger partial charge is 0.225 e. The number of rotatable bonds is 2. The first-order valence-electron chi connectivity index (χ1n) is 6.54. The van der Waals surface area contributed by atoms with Crippen molar-refractivity contribution >= 4 is 5.95 Å². The van der Waals surface area contributed by atoms with Crippen molar-refractivity contribution in [3.05, 3.63) is 17.5 Å². The highest BCUT2D eigenvalue weighted by molar-refractivity contribution is 5.35. The Bertz CT molecular complexity index is 408. The van der Waals surface area contributed by atoms with Crippen molar-refractivity contribution in [3.8, 4) is 0 Å². The zero-order valence-electron chi connectivity index (χ0n) is 10.4. The van der Waals surface area contributed by atoms with E-state index in [1.54, 1.807) is 0 Å². The summed E-state index contributed by atoms with van der Waals surface area (Å²) in [5.41, 5.74) is 2.34. The number of hydrogen-bond acceptors (Lipinski definition) is 4. The van der Waals surface area contributed by atoms with Gasteiger partial charge < -0.3 is 9.64 Å². The molecule has 2 aliphatic heterocycles. The quantitative estimate of drug-likeness (QED) is 0.780. The van der Waals surface area contributed by atoms with E-state index in [1.165, 1.54) is 18.5 Å². The highest BCUT2D eigenvalue weighted by atomic mass is 16.5. The van der Waals surface area contributed by atoms with E-state index in [0.29, 0.717) is 6.61 Å². The molecule has 1 atom stereocenters. The maximum atomic E-state index is 5.40. The highest BCUT2D eigenvalue weighted by Crippen LogP contribution is 2.24. The molecule has 0 N–H and O–H groups in total. The maximum Gasteiger partial charge on any atom is 0.225 e. The average Bonchev–Trinajstić information content (AvgIpc) is 2.87. The second-order valence-corrected chi connectivity index (χ2v) is 4.95. The molecule has 1 fully saturated rings. The van der Waals surface area contributed by atoms with Gasteiger partial charge in [0.15, 0.2) is 0 Å². The third kappa shape index (κ3) is 2.14. The molecule has 0 amide bonds. The van der Waals surface area contributed by atoms with E-state index in [-0.39, 0.29) is 0 Å². The van der Waals surface area contributed by atoms with Crippen molar-refractivity contribution in [2.24, 2.45) is 5.92 Å². The van der Waals surface area contributed by atoms with E-state index in [1.807, 2.05) is 6.20 Å². The molecular weight excluding hydrogens is 214 g/mol. The van der Waals surface area contributed by atoms with E-state index in [0.717, 1.165) is 43.5 Å². The van der Waals surface area contributed by atoms with Crippen LogP contribution in [0, 0.1) is 5.92 Å². The van der Waals surface area contributed by atoms with Crippen LogP contribution in [0.1, 0.15) is 31.0 Å². The molecule has 3 rings (SSSR count). The molecular formula is C13H19N3O. The zero-order valence-corrected chi connectivity index (χ0v) is 10.4. The Balaban J connectivity index is 1.79. The predicted molar refractivity (Wildman–Crippen MR) is 66.0 cm³/mol. The molecule has 3 heterocycles. The first-order chi connectivity index (χ1) is 8.36. The lowest BCUT2D eigenvalue weighted by Gasteiger charge is -2.20. The van der Waals surface area contributed by atoms with Gasteiger partial charge in [-0.3, -0.25) is 0 Å². The van der Waals surface area contributed by atoms with E-state index in [9.17, 15) is 0 Å². The van der Waals surface area contributed by atoms with Crippen LogP contribution in [0.25, 0.3) is 0 Å².